The molecule has 0 N–H and O–H groups in total. The van der Waals surface area contributed by atoms with Gasteiger partial charge in [-0.3, -0.25) is 9.59 Å². The zero-order chi connectivity index (χ0) is 7.56. The largest absolute Gasteiger partial charge is 0.465 e. The van der Waals surface area contributed by atoms with Crippen LogP contribution >= 0.6 is 0 Å². The molecule has 0 aromatic heterocycles. The highest BCUT2D eigenvalue weighted by Gasteiger charge is 2.28. The predicted octanol–water partition coefficient (Wildman–Crippen LogP) is 0.529. The lowest BCUT2D eigenvalue weighted by Crippen LogP contribution is -2.12. The Balaban J connectivity index is 2.44. The molecule has 1 unspecified atom stereocenters. The number of hydrogen-bond acceptors (Lipinski definition) is 3. The molecule has 1 rings (SSSR count). The number of hydrogen-bond donors (Lipinski definition) is 0. The van der Waals surface area contributed by atoms with Gasteiger partial charge in [-0.15, -0.1) is 0 Å². The van der Waals surface area contributed by atoms with E-state index in [0.29, 0.717) is 13.0 Å². The number of carbonyl (C=O) groups is 2. The van der Waals surface area contributed by atoms with Gasteiger partial charge in [0.05, 0.1) is 12.3 Å². The topological polar surface area (TPSA) is 43.4 Å². The van der Waals surface area contributed by atoms with E-state index >= 15 is 0 Å². The molecule has 0 radical (unpaired) electrons. The summed E-state index contributed by atoms with van der Waals surface area (Å²) < 4.78 is 4.63. The Hall–Kier alpha value is -0.860. The Kier molecular flexibility index (Phi) is 2.04. The second kappa shape index (κ2) is 2.82. The number of cyclic esters (lactones) is 1. The molecule has 1 aliphatic rings. The summed E-state index contributed by atoms with van der Waals surface area (Å²) in [5.41, 5.74) is 0. The first-order valence-corrected chi connectivity index (χ1v) is 3.42. The van der Waals surface area contributed by atoms with Gasteiger partial charge in [0, 0.05) is 6.42 Å². The van der Waals surface area contributed by atoms with Gasteiger partial charge in [0.2, 0.25) is 0 Å². The Labute approximate surface area is 59.4 Å². The summed E-state index contributed by atoms with van der Waals surface area (Å²) in [7, 11) is 0. The maximum absolute atomic E-state index is 10.9. The molecule has 1 atom stereocenters. The van der Waals surface area contributed by atoms with Crippen LogP contribution in [0, 0.1) is 5.92 Å². The van der Waals surface area contributed by atoms with Crippen LogP contribution in [0.5, 0.6) is 0 Å². The molecule has 0 spiro atoms. The molecule has 0 aromatic carbocycles. The molecule has 0 aliphatic carbocycles. The van der Waals surface area contributed by atoms with Crippen molar-refractivity contribution in [1.82, 2.24) is 0 Å². The van der Waals surface area contributed by atoms with E-state index in [1.165, 1.54) is 0 Å². The number of ketones is 1. The van der Waals surface area contributed by atoms with Crippen LogP contribution in [0.2, 0.25) is 0 Å². The van der Waals surface area contributed by atoms with Gasteiger partial charge in [-0.1, -0.05) is 6.92 Å². The standard InChI is InChI=1S/C7H10O3/c1-2-6(8)5-3-7(9)10-4-5/h5H,2-4H2,1H3. The third-order valence-electron chi connectivity index (χ3n) is 1.66. The van der Waals surface area contributed by atoms with Gasteiger partial charge in [-0.2, -0.15) is 0 Å². The van der Waals surface area contributed by atoms with Crippen molar-refractivity contribution in [1.29, 1.82) is 0 Å². The maximum Gasteiger partial charge on any atom is 0.306 e. The van der Waals surface area contributed by atoms with Crippen LogP contribution < -0.4 is 0 Å². The Morgan fingerprint density at radius 3 is 2.90 bits per heavy atom. The summed E-state index contributed by atoms with van der Waals surface area (Å²) in [4.78, 5) is 21.4. The van der Waals surface area contributed by atoms with Crippen molar-refractivity contribution in [2.24, 2.45) is 5.92 Å². The van der Waals surface area contributed by atoms with Gasteiger partial charge >= 0.3 is 5.97 Å². The van der Waals surface area contributed by atoms with E-state index < -0.39 is 0 Å². The van der Waals surface area contributed by atoms with Gasteiger partial charge < -0.3 is 4.74 Å². The van der Waals surface area contributed by atoms with Gasteiger partial charge in [0.25, 0.3) is 0 Å². The van der Waals surface area contributed by atoms with Crippen molar-refractivity contribution in [2.75, 3.05) is 6.61 Å². The minimum absolute atomic E-state index is 0.130. The molecule has 1 heterocycles. The number of carbonyl (C=O) groups excluding carboxylic acids is 2. The fourth-order valence-corrected chi connectivity index (χ4v) is 1.01. The van der Waals surface area contributed by atoms with Gasteiger partial charge in [0.15, 0.2) is 0 Å². The first-order valence-electron chi connectivity index (χ1n) is 3.42. The predicted molar refractivity (Wildman–Crippen MR) is 34.4 cm³/mol. The van der Waals surface area contributed by atoms with E-state index in [-0.39, 0.29) is 24.1 Å². The normalized spacial score (nSPS) is 24.5. The van der Waals surface area contributed by atoms with Crippen LogP contribution in [-0.2, 0) is 14.3 Å². The van der Waals surface area contributed by atoms with Crippen LogP contribution in [0.3, 0.4) is 0 Å². The maximum atomic E-state index is 10.9. The van der Waals surface area contributed by atoms with Crippen molar-refractivity contribution in [3.05, 3.63) is 0 Å². The zero-order valence-electron chi connectivity index (χ0n) is 5.92. The van der Waals surface area contributed by atoms with Gasteiger partial charge in [-0.05, 0) is 0 Å². The quantitative estimate of drug-likeness (QED) is 0.528. The number of rotatable bonds is 2. The van der Waals surface area contributed by atoms with Crippen LogP contribution in [0.1, 0.15) is 19.8 Å². The van der Waals surface area contributed by atoms with E-state index in [1.54, 1.807) is 6.92 Å². The van der Waals surface area contributed by atoms with Crippen LogP contribution in [0.15, 0.2) is 0 Å². The average Bonchev–Trinajstić information content (AvgIpc) is 2.34. The fourth-order valence-electron chi connectivity index (χ4n) is 1.01. The van der Waals surface area contributed by atoms with Gasteiger partial charge in [0.1, 0.15) is 12.4 Å². The summed E-state index contributed by atoms with van der Waals surface area (Å²) in [5.74, 6) is -0.268. The first kappa shape index (κ1) is 7.25. The molecule has 0 bridgehead atoms. The lowest BCUT2D eigenvalue weighted by Gasteiger charge is -1.99. The van der Waals surface area contributed by atoms with E-state index in [0.717, 1.165) is 0 Å². The summed E-state index contributed by atoms with van der Waals surface area (Å²) in [6.07, 6.45) is 0.786. The molecule has 0 saturated carbocycles. The molecule has 3 nitrogen and oxygen atoms in total. The van der Waals surface area contributed by atoms with Crippen molar-refractivity contribution >= 4 is 11.8 Å². The number of esters is 1. The van der Waals surface area contributed by atoms with Crippen molar-refractivity contribution < 1.29 is 14.3 Å². The van der Waals surface area contributed by atoms with E-state index in [4.69, 9.17) is 0 Å². The summed E-state index contributed by atoms with van der Waals surface area (Å²) in [6, 6.07) is 0. The van der Waals surface area contributed by atoms with Crippen LogP contribution in [0.25, 0.3) is 0 Å². The smallest absolute Gasteiger partial charge is 0.306 e. The lowest BCUT2D eigenvalue weighted by molar-refractivity contribution is -0.137. The van der Waals surface area contributed by atoms with Crippen molar-refractivity contribution in [2.45, 2.75) is 19.8 Å². The fraction of sp³-hybridized carbons (Fsp3) is 0.714. The highest BCUT2D eigenvalue weighted by atomic mass is 16.5. The lowest BCUT2D eigenvalue weighted by atomic mass is 10.0. The summed E-state index contributed by atoms with van der Waals surface area (Å²) in [5, 5.41) is 0. The molecule has 0 aromatic rings. The van der Waals surface area contributed by atoms with Crippen LogP contribution in [-0.4, -0.2) is 18.4 Å². The van der Waals surface area contributed by atoms with Gasteiger partial charge in [-0.25, -0.2) is 0 Å². The molecular formula is C7H10O3. The monoisotopic (exact) mass is 142 g/mol. The Morgan fingerprint density at radius 1 is 1.80 bits per heavy atom. The number of ether oxygens (including phenoxy) is 1. The molecule has 1 saturated heterocycles. The summed E-state index contributed by atoms with van der Waals surface area (Å²) >= 11 is 0. The molecule has 1 fully saturated rings. The summed E-state index contributed by atoms with van der Waals surface area (Å²) in [6.45, 7) is 2.09. The van der Waals surface area contributed by atoms with Crippen LogP contribution in [0.4, 0.5) is 0 Å². The highest BCUT2D eigenvalue weighted by Crippen LogP contribution is 2.15. The molecule has 0 amide bonds. The highest BCUT2D eigenvalue weighted by molar-refractivity contribution is 5.87. The second-order valence-electron chi connectivity index (χ2n) is 2.40. The Morgan fingerprint density at radius 2 is 2.50 bits per heavy atom. The minimum atomic E-state index is -0.244. The number of Topliss-reactive ketones (excluding diaryl/α,β-unsaturated/α-hetero) is 1. The van der Waals surface area contributed by atoms with Crippen molar-refractivity contribution in [3.63, 3.8) is 0 Å². The molecule has 1 aliphatic heterocycles. The third kappa shape index (κ3) is 1.35. The SMILES string of the molecule is CCC(=O)C1COC(=O)C1. The molecular weight excluding hydrogens is 132 g/mol. The minimum Gasteiger partial charge on any atom is -0.465 e. The van der Waals surface area contributed by atoms with Crippen molar-refractivity contribution in [3.8, 4) is 0 Å². The molecule has 3 heteroatoms. The Bertz CT molecular complexity index is 162. The molecule has 56 valence electrons. The average molecular weight is 142 g/mol. The van der Waals surface area contributed by atoms with E-state index in [2.05, 4.69) is 4.74 Å². The zero-order valence-corrected chi connectivity index (χ0v) is 5.92. The molecule has 10 heavy (non-hydrogen) atoms. The van der Waals surface area contributed by atoms with E-state index in [9.17, 15) is 9.59 Å². The second-order valence-corrected chi connectivity index (χ2v) is 2.40. The van der Waals surface area contributed by atoms with E-state index in [1.807, 2.05) is 0 Å². The third-order valence-corrected chi connectivity index (χ3v) is 1.66. The first-order chi connectivity index (χ1) is 4.74.